The predicted molar refractivity (Wildman–Crippen MR) is 97.7 cm³/mol. The summed E-state index contributed by atoms with van der Waals surface area (Å²) in [5.74, 6) is -0.0352. The Kier molecular flexibility index (Phi) is 4.64. The third-order valence-electron chi connectivity index (χ3n) is 3.94. The van der Waals surface area contributed by atoms with Crippen LogP contribution in [0.3, 0.4) is 0 Å². The van der Waals surface area contributed by atoms with E-state index in [-0.39, 0.29) is 10.8 Å². The number of anilines is 2. The van der Waals surface area contributed by atoms with Gasteiger partial charge in [-0.1, -0.05) is 22.0 Å². The largest absolute Gasteiger partial charge is 0.326 e. The zero-order valence-electron chi connectivity index (χ0n) is 13.1. The van der Waals surface area contributed by atoms with Crippen LogP contribution in [-0.2, 0) is 21.2 Å². The van der Waals surface area contributed by atoms with E-state index in [1.807, 2.05) is 13.0 Å². The molecular formula is C17H17BrN2O3S. The number of amides is 1. The number of hydrogen-bond donors (Lipinski definition) is 2. The van der Waals surface area contributed by atoms with Gasteiger partial charge in [0.05, 0.1) is 4.90 Å². The fourth-order valence-electron chi connectivity index (χ4n) is 2.59. The molecule has 1 aliphatic heterocycles. The summed E-state index contributed by atoms with van der Waals surface area (Å²) in [5.41, 5.74) is 3.05. The molecule has 0 aliphatic carbocycles. The monoisotopic (exact) mass is 408 g/mol. The van der Waals surface area contributed by atoms with Crippen LogP contribution in [-0.4, -0.2) is 14.3 Å². The topological polar surface area (TPSA) is 75.3 Å². The molecule has 0 fully saturated rings. The standard InChI is InChI=1S/C17H17BrN2O3S/c1-11-5-6-13(10-15(11)18)20-24(22,23)14-7-8-16-12(9-14)3-2-4-17(21)19-16/h5-10,20H,2-4H2,1H3,(H,19,21). The van der Waals surface area contributed by atoms with Crippen molar-refractivity contribution in [3.63, 3.8) is 0 Å². The SMILES string of the molecule is Cc1ccc(NS(=O)(=O)c2ccc3c(c2)CCCC(=O)N3)cc1Br. The number of carbonyl (C=O) groups excluding carboxylic acids is 1. The molecule has 2 aromatic rings. The van der Waals surface area contributed by atoms with Gasteiger partial charge >= 0.3 is 0 Å². The molecule has 2 N–H and O–H groups in total. The molecule has 0 saturated heterocycles. The Balaban J connectivity index is 1.91. The van der Waals surface area contributed by atoms with Crippen molar-refractivity contribution in [2.45, 2.75) is 31.1 Å². The number of sulfonamides is 1. The predicted octanol–water partition coefficient (Wildman–Crippen LogP) is 3.83. The average molecular weight is 409 g/mol. The highest BCUT2D eigenvalue weighted by atomic mass is 79.9. The Labute approximate surface area is 149 Å². The van der Waals surface area contributed by atoms with Crippen molar-refractivity contribution in [1.29, 1.82) is 0 Å². The summed E-state index contributed by atoms with van der Waals surface area (Å²) < 4.78 is 28.7. The van der Waals surface area contributed by atoms with Crippen molar-refractivity contribution in [2.24, 2.45) is 0 Å². The van der Waals surface area contributed by atoms with E-state index in [1.54, 1.807) is 24.3 Å². The molecule has 0 bridgehead atoms. The zero-order chi connectivity index (χ0) is 17.3. The summed E-state index contributed by atoms with van der Waals surface area (Å²) in [6, 6.07) is 10.1. The Bertz CT molecular complexity index is 910. The van der Waals surface area contributed by atoms with Gasteiger partial charge < -0.3 is 5.32 Å². The van der Waals surface area contributed by atoms with Crippen molar-refractivity contribution >= 4 is 43.2 Å². The zero-order valence-corrected chi connectivity index (χ0v) is 15.5. The van der Waals surface area contributed by atoms with Gasteiger partial charge in [-0.05, 0) is 61.2 Å². The second-order valence-corrected chi connectivity index (χ2v) is 8.33. The molecule has 1 aliphatic rings. The fourth-order valence-corrected chi connectivity index (χ4v) is 4.07. The molecule has 0 atom stereocenters. The minimum atomic E-state index is -3.69. The smallest absolute Gasteiger partial charge is 0.261 e. The molecule has 5 nitrogen and oxygen atoms in total. The highest BCUT2D eigenvalue weighted by molar-refractivity contribution is 9.10. The molecule has 3 rings (SSSR count). The molecule has 7 heteroatoms. The maximum absolute atomic E-state index is 12.6. The number of carbonyl (C=O) groups is 1. The van der Waals surface area contributed by atoms with Crippen molar-refractivity contribution in [2.75, 3.05) is 10.0 Å². The van der Waals surface area contributed by atoms with Gasteiger partial charge in [0.25, 0.3) is 10.0 Å². The lowest BCUT2D eigenvalue weighted by molar-refractivity contribution is -0.116. The van der Waals surface area contributed by atoms with Gasteiger partial charge in [0.15, 0.2) is 0 Å². The number of nitrogens with one attached hydrogen (secondary N) is 2. The summed E-state index contributed by atoms with van der Waals surface area (Å²) in [6.07, 6.45) is 1.83. The summed E-state index contributed by atoms with van der Waals surface area (Å²) in [7, 11) is -3.69. The van der Waals surface area contributed by atoms with E-state index in [0.717, 1.165) is 15.6 Å². The highest BCUT2D eigenvalue weighted by Crippen LogP contribution is 2.27. The Morgan fingerprint density at radius 3 is 2.67 bits per heavy atom. The molecule has 0 unspecified atom stereocenters. The second-order valence-electron chi connectivity index (χ2n) is 5.79. The van der Waals surface area contributed by atoms with Gasteiger partial charge in [-0.25, -0.2) is 8.42 Å². The molecular weight excluding hydrogens is 392 g/mol. The van der Waals surface area contributed by atoms with E-state index in [4.69, 9.17) is 0 Å². The third-order valence-corrected chi connectivity index (χ3v) is 6.17. The normalized spacial score (nSPS) is 14.5. The minimum Gasteiger partial charge on any atom is -0.326 e. The van der Waals surface area contributed by atoms with Gasteiger partial charge in [0, 0.05) is 22.3 Å². The van der Waals surface area contributed by atoms with E-state index in [1.165, 1.54) is 6.07 Å². The molecule has 0 aromatic heterocycles. The first-order valence-electron chi connectivity index (χ1n) is 7.57. The fraction of sp³-hybridized carbons (Fsp3) is 0.235. The summed E-state index contributed by atoms with van der Waals surface area (Å²) in [4.78, 5) is 11.8. The van der Waals surface area contributed by atoms with Gasteiger partial charge in [0.2, 0.25) is 5.91 Å². The van der Waals surface area contributed by atoms with Gasteiger partial charge in [-0.2, -0.15) is 0 Å². The van der Waals surface area contributed by atoms with Crippen LogP contribution in [0.4, 0.5) is 11.4 Å². The number of rotatable bonds is 3. The second kappa shape index (κ2) is 6.57. The summed E-state index contributed by atoms with van der Waals surface area (Å²) >= 11 is 3.40. The van der Waals surface area contributed by atoms with E-state index < -0.39 is 10.0 Å². The van der Waals surface area contributed by atoms with Crippen LogP contribution in [0.2, 0.25) is 0 Å². The molecule has 1 amide bonds. The van der Waals surface area contributed by atoms with E-state index in [0.29, 0.717) is 30.6 Å². The third kappa shape index (κ3) is 3.62. The molecule has 2 aromatic carbocycles. The molecule has 1 heterocycles. The van der Waals surface area contributed by atoms with Crippen LogP contribution < -0.4 is 10.0 Å². The van der Waals surface area contributed by atoms with E-state index in [2.05, 4.69) is 26.0 Å². The maximum Gasteiger partial charge on any atom is 0.261 e. The first-order chi connectivity index (χ1) is 11.3. The van der Waals surface area contributed by atoms with Crippen LogP contribution in [0.25, 0.3) is 0 Å². The molecule has 126 valence electrons. The van der Waals surface area contributed by atoms with E-state index in [9.17, 15) is 13.2 Å². The number of aryl methyl sites for hydroxylation is 2. The maximum atomic E-state index is 12.6. The van der Waals surface area contributed by atoms with Gasteiger partial charge in [0.1, 0.15) is 0 Å². The van der Waals surface area contributed by atoms with Gasteiger partial charge in [-0.3, -0.25) is 9.52 Å². The average Bonchev–Trinajstić information content (AvgIpc) is 2.70. The summed E-state index contributed by atoms with van der Waals surface area (Å²) in [5, 5.41) is 2.80. The van der Waals surface area contributed by atoms with Crippen molar-refractivity contribution < 1.29 is 13.2 Å². The van der Waals surface area contributed by atoms with Crippen molar-refractivity contribution in [3.05, 3.63) is 52.0 Å². The Morgan fingerprint density at radius 2 is 1.92 bits per heavy atom. The molecule has 0 saturated carbocycles. The Morgan fingerprint density at radius 1 is 1.12 bits per heavy atom. The lowest BCUT2D eigenvalue weighted by Crippen LogP contribution is -2.14. The highest BCUT2D eigenvalue weighted by Gasteiger charge is 2.19. The van der Waals surface area contributed by atoms with E-state index >= 15 is 0 Å². The minimum absolute atomic E-state index is 0.0352. The molecule has 24 heavy (non-hydrogen) atoms. The van der Waals surface area contributed by atoms with Crippen LogP contribution in [0, 0.1) is 6.92 Å². The molecule has 0 spiro atoms. The quantitative estimate of drug-likeness (QED) is 0.809. The number of benzene rings is 2. The van der Waals surface area contributed by atoms with Gasteiger partial charge in [-0.15, -0.1) is 0 Å². The summed E-state index contributed by atoms with van der Waals surface area (Å²) in [6.45, 7) is 1.93. The van der Waals surface area contributed by atoms with Crippen molar-refractivity contribution in [3.8, 4) is 0 Å². The lowest BCUT2D eigenvalue weighted by Gasteiger charge is -2.12. The lowest BCUT2D eigenvalue weighted by atomic mass is 10.1. The van der Waals surface area contributed by atoms with Crippen molar-refractivity contribution in [1.82, 2.24) is 0 Å². The number of fused-ring (bicyclic) bond motifs is 1. The number of halogens is 1. The first-order valence-corrected chi connectivity index (χ1v) is 9.84. The van der Waals surface area contributed by atoms with Crippen LogP contribution in [0.15, 0.2) is 45.8 Å². The van der Waals surface area contributed by atoms with Crippen LogP contribution in [0.1, 0.15) is 24.0 Å². The Hall–Kier alpha value is -1.86. The van der Waals surface area contributed by atoms with Crippen LogP contribution in [0.5, 0.6) is 0 Å². The first kappa shape index (κ1) is 17.0. The number of hydrogen-bond acceptors (Lipinski definition) is 3. The molecule has 0 radical (unpaired) electrons. The van der Waals surface area contributed by atoms with Crippen LogP contribution >= 0.6 is 15.9 Å².